The molecule has 6 nitrogen and oxygen atoms in total. The zero-order valence-electron chi connectivity index (χ0n) is 10.2. The van der Waals surface area contributed by atoms with Crippen LogP contribution in [0.15, 0.2) is 18.3 Å². The first-order valence-corrected chi connectivity index (χ1v) is 6.07. The SMILES string of the molecule is CN(C(=O)c1ccnc(Cl)c1)C1COCC1C(=O)O. The molecule has 7 heteroatoms. The Kier molecular flexibility index (Phi) is 4.01. The highest BCUT2D eigenvalue weighted by atomic mass is 35.5. The van der Waals surface area contributed by atoms with Crippen LogP contribution in [0.3, 0.4) is 0 Å². The van der Waals surface area contributed by atoms with Crippen LogP contribution < -0.4 is 0 Å². The van der Waals surface area contributed by atoms with E-state index in [-0.39, 0.29) is 24.3 Å². The monoisotopic (exact) mass is 284 g/mol. The van der Waals surface area contributed by atoms with Crippen LogP contribution in [0, 0.1) is 5.92 Å². The van der Waals surface area contributed by atoms with Crippen LogP contribution >= 0.6 is 11.6 Å². The van der Waals surface area contributed by atoms with E-state index >= 15 is 0 Å². The van der Waals surface area contributed by atoms with Crippen molar-refractivity contribution in [1.29, 1.82) is 0 Å². The molecule has 2 rings (SSSR count). The lowest BCUT2D eigenvalue weighted by atomic mass is 10.0. The average Bonchev–Trinajstić information content (AvgIpc) is 2.86. The molecule has 19 heavy (non-hydrogen) atoms. The minimum absolute atomic E-state index is 0.120. The van der Waals surface area contributed by atoms with Crippen molar-refractivity contribution in [2.24, 2.45) is 5.92 Å². The number of carbonyl (C=O) groups excluding carboxylic acids is 1. The third kappa shape index (κ3) is 2.85. The van der Waals surface area contributed by atoms with Crippen LogP contribution in [0.2, 0.25) is 5.15 Å². The van der Waals surface area contributed by atoms with Gasteiger partial charge in [-0.15, -0.1) is 0 Å². The van der Waals surface area contributed by atoms with Crippen LogP contribution in [-0.4, -0.2) is 53.2 Å². The summed E-state index contributed by atoms with van der Waals surface area (Å²) in [5, 5.41) is 9.30. The molecule has 1 amide bonds. The number of hydrogen-bond acceptors (Lipinski definition) is 4. The van der Waals surface area contributed by atoms with Crippen molar-refractivity contribution in [3.8, 4) is 0 Å². The molecule has 1 aromatic rings. The van der Waals surface area contributed by atoms with Gasteiger partial charge in [-0.25, -0.2) is 4.98 Å². The Morgan fingerprint density at radius 3 is 2.89 bits per heavy atom. The van der Waals surface area contributed by atoms with Gasteiger partial charge in [0.15, 0.2) is 0 Å². The second-order valence-electron chi connectivity index (χ2n) is 4.33. The fraction of sp³-hybridized carbons (Fsp3) is 0.417. The van der Waals surface area contributed by atoms with Gasteiger partial charge in [0.25, 0.3) is 5.91 Å². The molecule has 102 valence electrons. The molecule has 2 heterocycles. The summed E-state index contributed by atoms with van der Waals surface area (Å²) in [4.78, 5) is 28.5. The third-order valence-corrected chi connectivity index (χ3v) is 3.37. The van der Waals surface area contributed by atoms with Gasteiger partial charge in [0, 0.05) is 18.8 Å². The van der Waals surface area contributed by atoms with Crippen molar-refractivity contribution in [1.82, 2.24) is 9.88 Å². The highest BCUT2D eigenvalue weighted by molar-refractivity contribution is 6.29. The number of amides is 1. The summed E-state index contributed by atoms with van der Waals surface area (Å²) in [5.41, 5.74) is 0.374. The Bertz CT molecular complexity index is 508. The predicted octanol–water partition coefficient (Wildman–Crippen LogP) is 0.907. The molecule has 1 aliphatic heterocycles. The van der Waals surface area contributed by atoms with E-state index in [1.54, 1.807) is 7.05 Å². The van der Waals surface area contributed by atoms with Gasteiger partial charge in [-0.1, -0.05) is 11.6 Å². The molecular weight excluding hydrogens is 272 g/mol. The first-order chi connectivity index (χ1) is 9.00. The van der Waals surface area contributed by atoms with Crippen LogP contribution in [-0.2, 0) is 9.53 Å². The Morgan fingerprint density at radius 1 is 1.53 bits per heavy atom. The van der Waals surface area contributed by atoms with Gasteiger partial charge in [0.05, 0.1) is 19.3 Å². The van der Waals surface area contributed by atoms with Gasteiger partial charge < -0.3 is 14.7 Å². The maximum atomic E-state index is 12.2. The molecule has 0 saturated carbocycles. The summed E-state index contributed by atoms with van der Waals surface area (Å²) in [6.07, 6.45) is 1.43. The molecular formula is C12H13ClN2O4. The number of aromatic nitrogens is 1. The smallest absolute Gasteiger partial charge is 0.311 e. The van der Waals surface area contributed by atoms with E-state index in [9.17, 15) is 9.59 Å². The second kappa shape index (κ2) is 5.54. The summed E-state index contributed by atoms with van der Waals surface area (Å²) < 4.78 is 5.15. The van der Waals surface area contributed by atoms with Crippen molar-refractivity contribution in [3.05, 3.63) is 29.0 Å². The Labute approximate surface area is 114 Å². The second-order valence-corrected chi connectivity index (χ2v) is 4.72. The first-order valence-electron chi connectivity index (χ1n) is 5.70. The van der Waals surface area contributed by atoms with Crippen molar-refractivity contribution in [2.45, 2.75) is 6.04 Å². The largest absolute Gasteiger partial charge is 0.481 e. The summed E-state index contributed by atoms with van der Waals surface area (Å²) in [5.74, 6) is -1.97. The van der Waals surface area contributed by atoms with Gasteiger partial charge in [0.2, 0.25) is 0 Å². The maximum Gasteiger partial charge on any atom is 0.311 e. The number of aliphatic carboxylic acids is 1. The molecule has 2 atom stereocenters. The summed E-state index contributed by atoms with van der Waals surface area (Å²) in [7, 11) is 1.56. The fourth-order valence-electron chi connectivity index (χ4n) is 2.05. The number of nitrogens with zero attached hydrogens (tertiary/aromatic N) is 2. The van der Waals surface area contributed by atoms with E-state index in [1.165, 1.54) is 23.2 Å². The quantitative estimate of drug-likeness (QED) is 0.835. The number of likely N-dealkylation sites (N-methyl/N-ethyl adjacent to an activating group) is 1. The maximum absolute atomic E-state index is 12.2. The molecule has 0 aromatic carbocycles. The van der Waals surface area contributed by atoms with E-state index < -0.39 is 17.9 Å². The Hall–Kier alpha value is -1.66. The molecule has 0 aliphatic carbocycles. The lowest BCUT2D eigenvalue weighted by Crippen LogP contribution is -2.44. The summed E-state index contributed by atoms with van der Waals surface area (Å²) >= 11 is 5.73. The fourth-order valence-corrected chi connectivity index (χ4v) is 2.22. The number of carbonyl (C=O) groups is 2. The van der Waals surface area contributed by atoms with E-state index in [0.717, 1.165) is 0 Å². The van der Waals surface area contributed by atoms with Crippen molar-refractivity contribution < 1.29 is 19.4 Å². The number of ether oxygens (including phenoxy) is 1. The molecule has 0 spiro atoms. The number of pyridine rings is 1. The zero-order chi connectivity index (χ0) is 14.0. The molecule has 0 radical (unpaired) electrons. The Balaban J connectivity index is 2.17. The number of hydrogen-bond donors (Lipinski definition) is 1. The Morgan fingerprint density at radius 2 is 2.26 bits per heavy atom. The minimum atomic E-state index is -0.963. The molecule has 0 bridgehead atoms. The lowest BCUT2D eigenvalue weighted by molar-refractivity contribution is -0.142. The van der Waals surface area contributed by atoms with Crippen LogP contribution in [0.5, 0.6) is 0 Å². The predicted molar refractivity (Wildman–Crippen MR) is 67.1 cm³/mol. The summed E-state index contributed by atoms with van der Waals surface area (Å²) in [6.45, 7) is 0.340. The summed E-state index contributed by atoms with van der Waals surface area (Å²) in [6, 6.07) is 2.51. The molecule has 1 aliphatic rings. The average molecular weight is 285 g/mol. The van der Waals surface area contributed by atoms with Gasteiger partial charge in [-0.3, -0.25) is 9.59 Å². The van der Waals surface area contributed by atoms with E-state index in [1.807, 2.05) is 0 Å². The van der Waals surface area contributed by atoms with Crippen LogP contribution in [0.4, 0.5) is 0 Å². The van der Waals surface area contributed by atoms with Crippen LogP contribution in [0.25, 0.3) is 0 Å². The number of carboxylic acid groups (broad SMARTS) is 1. The lowest BCUT2D eigenvalue weighted by Gasteiger charge is -2.26. The molecule has 2 unspecified atom stereocenters. The normalized spacial score (nSPS) is 22.2. The van der Waals surface area contributed by atoms with Gasteiger partial charge in [-0.2, -0.15) is 0 Å². The van der Waals surface area contributed by atoms with Gasteiger partial charge in [0.1, 0.15) is 11.1 Å². The third-order valence-electron chi connectivity index (χ3n) is 3.16. The van der Waals surface area contributed by atoms with Crippen molar-refractivity contribution in [2.75, 3.05) is 20.3 Å². The molecule has 1 N–H and O–H groups in total. The van der Waals surface area contributed by atoms with Gasteiger partial charge >= 0.3 is 5.97 Å². The minimum Gasteiger partial charge on any atom is -0.481 e. The molecule has 1 saturated heterocycles. The van der Waals surface area contributed by atoms with Crippen LogP contribution in [0.1, 0.15) is 10.4 Å². The van der Waals surface area contributed by atoms with Crippen molar-refractivity contribution in [3.63, 3.8) is 0 Å². The van der Waals surface area contributed by atoms with E-state index in [2.05, 4.69) is 4.98 Å². The van der Waals surface area contributed by atoms with Crippen molar-refractivity contribution >= 4 is 23.5 Å². The number of carboxylic acids is 1. The van der Waals surface area contributed by atoms with E-state index in [0.29, 0.717) is 5.56 Å². The standard InChI is InChI=1S/C12H13ClN2O4/c1-15(9-6-19-5-8(9)12(17)18)11(16)7-2-3-14-10(13)4-7/h2-4,8-9H,5-6H2,1H3,(H,17,18). The number of halogens is 1. The highest BCUT2D eigenvalue weighted by Crippen LogP contribution is 2.21. The topological polar surface area (TPSA) is 79.7 Å². The number of rotatable bonds is 3. The zero-order valence-corrected chi connectivity index (χ0v) is 11.0. The first kappa shape index (κ1) is 13.8. The van der Waals surface area contributed by atoms with Gasteiger partial charge in [-0.05, 0) is 12.1 Å². The van der Waals surface area contributed by atoms with E-state index in [4.69, 9.17) is 21.4 Å². The molecule has 1 fully saturated rings. The molecule has 1 aromatic heterocycles. The highest BCUT2D eigenvalue weighted by Gasteiger charge is 2.38.